The number of aromatic nitrogens is 1. The summed E-state index contributed by atoms with van der Waals surface area (Å²) in [6.45, 7) is 5.03. The zero-order valence-electron chi connectivity index (χ0n) is 12.1. The number of nitrogen functional groups attached to an aromatic ring is 1. The van der Waals surface area contributed by atoms with E-state index in [-0.39, 0.29) is 5.91 Å². The Morgan fingerprint density at radius 2 is 2.00 bits per heavy atom. The molecule has 0 saturated carbocycles. The van der Waals surface area contributed by atoms with Crippen molar-refractivity contribution in [3.8, 4) is 0 Å². The van der Waals surface area contributed by atoms with E-state index in [1.807, 2.05) is 38.1 Å². The van der Waals surface area contributed by atoms with E-state index < -0.39 is 0 Å². The first-order valence-corrected chi connectivity index (χ1v) is 7.56. The number of carbonyl (C=O) groups excluding carboxylic acids is 1. The molecule has 0 spiro atoms. The number of carbonyl (C=O) groups is 1. The Morgan fingerprint density at radius 1 is 1.33 bits per heavy atom. The van der Waals surface area contributed by atoms with Crippen LogP contribution in [0.3, 0.4) is 0 Å². The molecule has 2 rings (SSSR count). The van der Waals surface area contributed by atoms with Crippen molar-refractivity contribution in [1.29, 1.82) is 0 Å². The summed E-state index contributed by atoms with van der Waals surface area (Å²) in [6, 6.07) is 7.46. The van der Waals surface area contributed by atoms with Crippen LogP contribution in [-0.4, -0.2) is 22.3 Å². The highest BCUT2D eigenvalue weighted by molar-refractivity contribution is 9.10. The molecule has 2 N–H and O–H groups in total. The van der Waals surface area contributed by atoms with Crippen molar-refractivity contribution < 1.29 is 4.79 Å². The fourth-order valence-electron chi connectivity index (χ4n) is 2.13. The van der Waals surface area contributed by atoms with Gasteiger partial charge in [-0.05, 0) is 49.2 Å². The first kappa shape index (κ1) is 15.5. The van der Waals surface area contributed by atoms with Gasteiger partial charge in [-0.1, -0.05) is 15.9 Å². The van der Waals surface area contributed by atoms with Gasteiger partial charge in [-0.15, -0.1) is 0 Å². The predicted molar refractivity (Wildman–Crippen MR) is 87.9 cm³/mol. The number of hydrogen-bond donors (Lipinski definition) is 1. The lowest BCUT2D eigenvalue weighted by atomic mass is 10.1. The molecule has 0 aliphatic carbocycles. The number of amides is 1. The molecule has 110 valence electrons. The average Bonchev–Trinajstić information content (AvgIpc) is 2.49. The van der Waals surface area contributed by atoms with Crippen LogP contribution in [0.15, 0.2) is 41.1 Å². The number of anilines is 1. The minimum atomic E-state index is -0.0141. The van der Waals surface area contributed by atoms with Gasteiger partial charge in [-0.3, -0.25) is 9.78 Å². The van der Waals surface area contributed by atoms with Crippen molar-refractivity contribution in [3.63, 3.8) is 0 Å². The smallest absolute Gasteiger partial charge is 0.254 e. The number of benzene rings is 1. The molecule has 4 nitrogen and oxygen atoms in total. The van der Waals surface area contributed by atoms with Crippen molar-refractivity contribution in [2.45, 2.75) is 20.4 Å². The second-order valence-corrected chi connectivity index (χ2v) is 5.76. The first-order chi connectivity index (χ1) is 10.0. The van der Waals surface area contributed by atoms with Gasteiger partial charge in [-0.2, -0.15) is 0 Å². The molecule has 0 bridgehead atoms. The van der Waals surface area contributed by atoms with Gasteiger partial charge < -0.3 is 10.6 Å². The summed E-state index contributed by atoms with van der Waals surface area (Å²) in [5, 5.41) is 0. The molecule has 1 aromatic carbocycles. The van der Waals surface area contributed by atoms with Crippen molar-refractivity contribution in [1.82, 2.24) is 9.88 Å². The van der Waals surface area contributed by atoms with Gasteiger partial charge in [0, 0.05) is 41.2 Å². The van der Waals surface area contributed by atoms with Gasteiger partial charge >= 0.3 is 0 Å². The molecule has 1 aromatic heterocycles. The Morgan fingerprint density at radius 3 is 2.62 bits per heavy atom. The summed E-state index contributed by atoms with van der Waals surface area (Å²) in [6.07, 6.45) is 3.46. The van der Waals surface area contributed by atoms with Gasteiger partial charge in [-0.25, -0.2) is 0 Å². The van der Waals surface area contributed by atoms with Crippen LogP contribution in [0.5, 0.6) is 0 Å². The summed E-state index contributed by atoms with van der Waals surface area (Å²) in [5.41, 5.74) is 9.07. The number of pyridine rings is 1. The molecule has 1 amide bonds. The highest BCUT2D eigenvalue weighted by Gasteiger charge is 2.18. The molecule has 0 atom stereocenters. The molecular formula is C16H18BrN3O. The van der Waals surface area contributed by atoms with Gasteiger partial charge in [0.2, 0.25) is 0 Å². The molecule has 0 radical (unpaired) electrons. The maximum absolute atomic E-state index is 12.7. The van der Waals surface area contributed by atoms with Crippen molar-refractivity contribution in [3.05, 3.63) is 57.8 Å². The van der Waals surface area contributed by atoms with Gasteiger partial charge in [0.1, 0.15) is 0 Å². The Bertz CT molecular complexity index is 643. The standard InChI is InChI=1S/C16H18BrN3O/c1-3-20(10-12-4-6-19-7-5-12)16(21)14-8-13(17)9-15(18)11(14)2/h4-9H,3,10,18H2,1-2H3. The molecule has 1 heterocycles. The molecule has 0 unspecified atom stereocenters. The van der Waals surface area contributed by atoms with Gasteiger partial charge in [0.05, 0.1) is 0 Å². The lowest BCUT2D eigenvalue weighted by Crippen LogP contribution is -2.31. The summed E-state index contributed by atoms with van der Waals surface area (Å²) in [5.74, 6) is -0.0141. The van der Waals surface area contributed by atoms with Crippen LogP contribution < -0.4 is 5.73 Å². The van der Waals surface area contributed by atoms with E-state index in [2.05, 4.69) is 20.9 Å². The maximum Gasteiger partial charge on any atom is 0.254 e. The SMILES string of the molecule is CCN(Cc1ccncc1)C(=O)c1cc(Br)cc(N)c1C. The molecular weight excluding hydrogens is 330 g/mol. The third-order valence-corrected chi connectivity index (χ3v) is 3.89. The Labute approximate surface area is 133 Å². The third kappa shape index (κ3) is 3.61. The summed E-state index contributed by atoms with van der Waals surface area (Å²) >= 11 is 3.39. The maximum atomic E-state index is 12.7. The van der Waals surface area contributed by atoms with E-state index in [0.717, 1.165) is 15.6 Å². The number of hydrogen-bond acceptors (Lipinski definition) is 3. The first-order valence-electron chi connectivity index (χ1n) is 6.76. The van der Waals surface area contributed by atoms with Crippen LogP contribution in [0, 0.1) is 6.92 Å². The van der Waals surface area contributed by atoms with Crippen LogP contribution in [0.1, 0.15) is 28.4 Å². The normalized spacial score (nSPS) is 10.4. The molecule has 5 heteroatoms. The highest BCUT2D eigenvalue weighted by Crippen LogP contribution is 2.24. The van der Waals surface area contributed by atoms with Gasteiger partial charge in [0.15, 0.2) is 0 Å². The van der Waals surface area contributed by atoms with E-state index in [9.17, 15) is 4.79 Å². The minimum absolute atomic E-state index is 0.0141. The summed E-state index contributed by atoms with van der Waals surface area (Å²) < 4.78 is 0.814. The Hall–Kier alpha value is -1.88. The molecule has 2 aromatic rings. The lowest BCUT2D eigenvalue weighted by Gasteiger charge is -2.22. The van der Waals surface area contributed by atoms with Crippen LogP contribution in [-0.2, 0) is 6.54 Å². The second kappa shape index (κ2) is 6.72. The average molecular weight is 348 g/mol. The quantitative estimate of drug-likeness (QED) is 0.862. The predicted octanol–water partition coefficient (Wildman–Crippen LogP) is 3.40. The molecule has 0 fully saturated rings. The Kier molecular flexibility index (Phi) is 4.96. The number of nitrogens with two attached hydrogens (primary N) is 1. The topological polar surface area (TPSA) is 59.2 Å². The number of rotatable bonds is 4. The number of nitrogens with zero attached hydrogens (tertiary/aromatic N) is 2. The van der Waals surface area contributed by atoms with E-state index in [4.69, 9.17) is 5.73 Å². The lowest BCUT2D eigenvalue weighted by molar-refractivity contribution is 0.0752. The van der Waals surface area contributed by atoms with Gasteiger partial charge in [0.25, 0.3) is 5.91 Å². The monoisotopic (exact) mass is 347 g/mol. The summed E-state index contributed by atoms with van der Waals surface area (Å²) in [4.78, 5) is 18.5. The van der Waals surface area contributed by atoms with E-state index in [1.165, 1.54) is 0 Å². The zero-order chi connectivity index (χ0) is 15.4. The van der Waals surface area contributed by atoms with E-state index in [1.54, 1.807) is 17.3 Å². The molecule has 21 heavy (non-hydrogen) atoms. The van der Waals surface area contributed by atoms with E-state index >= 15 is 0 Å². The zero-order valence-corrected chi connectivity index (χ0v) is 13.7. The third-order valence-electron chi connectivity index (χ3n) is 3.43. The van der Waals surface area contributed by atoms with Crippen LogP contribution >= 0.6 is 15.9 Å². The van der Waals surface area contributed by atoms with E-state index in [0.29, 0.717) is 24.3 Å². The van der Waals surface area contributed by atoms with Crippen molar-refractivity contribution >= 4 is 27.5 Å². The molecule has 0 aliphatic heterocycles. The Balaban J connectivity index is 2.29. The van der Waals surface area contributed by atoms with Crippen molar-refractivity contribution in [2.75, 3.05) is 12.3 Å². The minimum Gasteiger partial charge on any atom is -0.398 e. The highest BCUT2D eigenvalue weighted by atomic mass is 79.9. The number of halogens is 1. The molecule has 0 saturated heterocycles. The van der Waals surface area contributed by atoms with Crippen LogP contribution in [0.4, 0.5) is 5.69 Å². The molecule has 0 aliphatic rings. The fourth-order valence-corrected chi connectivity index (χ4v) is 2.60. The summed E-state index contributed by atoms with van der Waals surface area (Å²) in [7, 11) is 0. The fraction of sp³-hybridized carbons (Fsp3) is 0.250. The second-order valence-electron chi connectivity index (χ2n) is 4.84. The van der Waals surface area contributed by atoms with Crippen LogP contribution in [0.2, 0.25) is 0 Å². The largest absolute Gasteiger partial charge is 0.398 e. The van der Waals surface area contributed by atoms with Crippen molar-refractivity contribution in [2.24, 2.45) is 0 Å². The van der Waals surface area contributed by atoms with Crippen LogP contribution in [0.25, 0.3) is 0 Å².